The Balaban J connectivity index is 2.49. The second kappa shape index (κ2) is 8.05. The van der Waals surface area contributed by atoms with Gasteiger partial charge in [0, 0.05) is 12.5 Å². The van der Waals surface area contributed by atoms with E-state index >= 15 is 0 Å². The summed E-state index contributed by atoms with van der Waals surface area (Å²) in [5.74, 6) is -0.238. The minimum Gasteiger partial charge on any atom is -0.466 e. The fourth-order valence-electron chi connectivity index (χ4n) is 1.45. The number of rotatable bonds is 8. The number of carbonyl (C=O) groups excluding carboxylic acids is 1. The van der Waals surface area contributed by atoms with E-state index in [2.05, 4.69) is 17.2 Å². The Morgan fingerprint density at radius 2 is 2.33 bits per heavy atom. The van der Waals surface area contributed by atoms with E-state index in [1.54, 1.807) is 14.0 Å². The number of methoxy groups -OCH3 is 1. The first-order valence-corrected chi connectivity index (χ1v) is 6.93. The Morgan fingerprint density at radius 1 is 1.56 bits per heavy atom. The van der Waals surface area contributed by atoms with Crippen molar-refractivity contribution < 1.29 is 14.3 Å². The summed E-state index contributed by atoms with van der Waals surface area (Å²) in [4.78, 5) is 15.7. The van der Waals surface area contributed by atoms with Crippen molar-refractivity contribution in [3.63, 3.8) is 0 Å². The number of ether oxygens (including phenoxy) is 2. The van der Waals surface area contributed by atoms with Gasteiger partial charge in [-0.2, -0.15) is 0 Å². The molecular weight excluding hydrogens is 252 g/mol. The van der Waals surface area contributed by atoms with Gasteiger partial charge >= 0.3 is 5.97 Å². The number of esters is 1. The minimum atomic E-state index is -0.238. The summed E-state index contributed by atoms with van der Waals surface area (Å²) in [6.45, 7) is 4.93. The molecule has 0 aliphatic rings. The molecule has 0 spiro atoms. The number of anilines is 1. The van der Waals surface area contributed by atoms with Crippen LogP contribution in [0.15, 0.2) is 5.38 Å². The first-order chi connectivity index (χ1) is 8.69. The van der Waals surface area contributed by atoms with Crippen molar-refractivity contribution >= 4 is 22.4 Å². The molecule has 1 N–H and O–H groups in total. The van der Waals surface area contributed by atoms with Crippen LogP contribution in [0, 0.1) is 0 Å². The van der Waals surface area contributed by atoms with Crippen molar-refractivity contribution in [2.45, 2.75) is 32.7 Å². The van der Waals surface area contributed by atoms with Crippen LogP contribution in [0.25, 0.3) is 0 Å². The molecule has 0 radical (unpaired) electrons. The van der Waals surface area contributed by atoms with Gasteiger partial charge in [0.25, 0.3) is 0 Å². The van der Waals surface area contributed by atoms with Crippen LogP contribution in [0.4, 0.5) is 5.13 Å². The van der Waals surface area contributed by atoms with Gasteiger partial charge in [-0.25, -0.2) is 4.98 Å². The molecule has 1 aromatic heterocycles. The molecule has 1 unspecified atom stereocenters. The molecule has 0 aromatic carbocycles. The number of hydrogen-bond acceptors (Lipinski definition) is 6. The zero-order valence-corrected chi connectivity index (χ0v) is 11.9. The third-order valence-electron chi connectivity index (χ3n) is 2.37. The molecule has 0 amide bonds. The topological polar surface area (TPSA) is 60.5 Å². The molecule has 18 heavy (non-hydrogen) atoms. The second-order valence-corrected chi connectivity index (χ2v) is 4.69. The summed E-state index contributed by atoms with van der Waals surface area (Å²) in [5, 5.41) is 5.98. The molecule has 0 saturated heterocycles. The predicted octanol–water partition coefficient (Wildman–Crippen LogP) is 2.09. The van der Waals surface area contributed by atoms with Gasteiger partial charge in [-0.05, 0) is 13.3 Å². The molecule has 5 nitrogen and oxygen atoms in total. The Hall–Kier alpha value is -1.14. The number of nitrogens with zero attached hydrogens (tertiary/aromatic N) is 1. The van der Waals surface area contributed by atoms with Crippen LogP contribution in [0.2, 0.25) is 0 Å². The Labute approximate surface area is 112 Å². The molecule has 0 fully saturated rings. The monoisotopic (exact) mass is 272 g/mol. The van der Waals surface area contributed by atoms with Gasteiger partial charge in [-0.15, -0.1) is 11.3 Å². The van der Waals surface area contributed by atoms with Gasteiger partial charge in [-0.3, -0.25) is 4.79 Å². The summed E-state index contributed by atoms with van der Waals surface area (Å²) in [5.41, 5.74) is 0.744. The van der Waals surface area contributed by atoms with Crippen molar-refractivity contribution in [1.29, 1.82) is 0 Å². The molecule has 0 bridgehead atoms. The van der Waals surface area contributed by atoms with Crippen molar-refractivity contribution in [3.05, 3.63) is 11.1 Å². The molecule has 0 aliphatic heterocycles. The number of carbonyl (C=O) groups is 1. The molecule has 0 saturated carbocycles. The van der Waals surface area contributed by atoms with E-state index in [0.717, 1.165) is 17.2 Å². The minimum absolute atomic E-state index is 0.229. The zero-order valence-electron chi connectivity index (χ0n) is 11.1. The van der Waals surface area contributed by atoms with E-state index in [1.165, 1.54) is 11.3 Å². The second-order valence-electron chi connectivity index (χ2n) is 3.83. The predicted molar refractivity (Wildman–Crippen MR) is 72.0 cm³/mol. The highest BCUT2D eigenvalue weighted by molar-refractivity contribution is 7.13. The van der Waals surface area contributed by atoms with Crippen LogP contribution in [-0.4, -0.2) is 37.3 Å². The highest BCUT2D eigenvalue weighted by Gasteiger charge is 2.11. The molecule has 6 heteroatoms. The standard InChI is InChI=1S/C12H20N2O3S/c1-4-9(7-16-3)13-12-14-10(8-18-12)6-11(15)17-5-2/h8-9H,4-7H2,1-3H3,(H,13,14). The third-order valence-corrected chi connectivity index (χ3v) is 3.19. The normalized spacial score (nSPS) is 12.2. The highest BCUT2D eigenvalue weighted by Crippen LogP contribution is 2.17. The van der Waals surface area contributed by atoms with Gasteiger partial charge in [0.05, 0.1) is 31.4 Å². The van der Waals surface area contributed by atoms with Crippen molar-refractivity contribution in [1.82, 2.24) is 4.98 Å². The molecule has 1 atom stereocenters. The molecule has 1 aromatic rings. The van der Waals surface area contributed by atoms with Gasteiger partial charge in [0.2, 0.25) is 0 Å². The lowest BCUT2D eigenvalue weighted by Gasteiger charge is -2.14. The summed E-state index contributed by atoms with van der Waals surface area (Å²) < 4.78 is 9.99. The van der Waals surface area contributed by atoms with E-state index < -0.39 is 0 Å². The first kappa shape index (κ1) is 14.9. The van der Waals surface area contributed by atoms with Gasteiger partial charge in [0.1, 0.15) is 0 Å². The number of hydrogen-bond donors (Lipinski definition) is 1. The van der Waals surface area contributed by atoms with E-state index in [-0.39, 0.29) is 18.4 Å². The molecule has 0 aliphatic carbocycles. The largest absolute Gasteiger partial charge is 0.466 e. The summed E-state index contributed by atoms with van der Waals surface area (Å²) >= 11 is 1.49. The van der Waals surface area contributed by atoms with Crippen LogP contribution in [0.5, 0.6) is 0 Å². The van der Waals surface area contributed by atoms with Crippen LogP contribution in [0.3, 0.4) is 0 Å². The maximum atomic E-state index is 11.3. The van der Waals surface area contributed by atoms with Crippen LogP contribution >= 0.6 is 11.3 Å². The number of aromatic nitrogens is 1. The van der Waals surface area contributed by atoms with Crippen LogP contribution in [-0.2, 0) is 20.7 Å². The average Bonchev–Trinajstić information content (AvgIpc) is 2.76. The lowest BCUT2D eigenvalue weighted by molar-refractivity contribution is -0.142. The van der Waals surface area contributed by atoms with Crippen LogP contribution < -0.4 is 5.32 Å². The van der Waals surface area contributed by atoms with Crippen molar-refractivity contribution in [2.24, 2.45) is 0 Å². The summed E-state index contributed by atoms with van der Waals surface area (Å²) in [7, 11) is 1.68. The van der Waals surface area contributed by atoms with E-state index in [0.29, 0.717) is 13.2 Å². The van der Waals surface area contributed by atoms with Gasteiger partial charge in [0.15, 0.2) is 5.13 Å². The zero-order chi connectivity index (χ0) is 13.4. The molecule has 1 heterocycles. The van der Waals surface area contributed by atoms with E-state index in [1.807, 2.05) is 5.38 Å². The first-order valence-electron chi connectivity index (χ1n) is 6.05. The Morgan fingerprint density at radius 3 is 2.94 bits per heavy atom. The Bertz CT molecular complexity index is 368. The molecular formula is C12H20N2O3S. The van der Waals surface area contributed by atoms with Gasteiger partial charge in [-0.1, -0.05) is 6.92 Å². The average molecular weight is 272 g/mol. The third kappa shape index (κ3) is 5.01. The molecule has 1 rings (SSSR count). The maximum absolute atomic E-state index is 11.3. The van der Waals surface area contributed by atoms with Gasteiger partial charge < -0.3 is 14.8 Å². The van der Waals surface area contributed by atoms with Crippen LogP contribution in [0.1, 0.15) is 26.0 Å². The molecule has 102 valence electrons. The smallest absolute Gasteiger partial charge is 0.311 e. The lowest BCUT2D eigenvalue weighted by Crippen LogP contribution is -2.23. The fourth-order valence-corrected chi connectivity index (χ4v) is 2.24. The van der Waals surface area contributed by atoms with Crippen molar-refractivity contribution in [2.75, 3.05) is 25.6 Å². The maximum Gasteiger partial charge on any atom is 0.311 e. The van der Waals surface area contributed by atoms with E-state index in [4.69, 9.17) is 9.47 Å². The number of nitrogens with one attached hydrogen (secondary N) is 1. The number of thiazole rings is 1. The van der Waals surface area contributed by atoms with E-state index in [9.17, 15) is 4.79 Å². The fraction of sp³-hybridized carbons (Fsp3) is 0.667. The quantitative estimate of drug-likeness (QED) is 0.734. The lowest BCUT2D eigenvalue weighted by atomic mass is 10.2. The van der Waals surface area contributed by atoms with Crippen molar-refractivity contribution in [3.8, 4) is 0 Å². The highest BCUT2D eigenvalue weighted by atomic mass is 32.1. The summed E-state index contributed by atoms with van der Waals surface area (Å²) in [6.07, 6.45) is 1.19. The Kier molecular flexibility index (Phi) is 6.67. The SMILES string of the molecule is CCOC(=O)Cc1csc(NC(CC)COC)n1. The summed E-state index contributed by atoms with van der Waals surface area (Å²) in [6, 6.07) is 0.247.